The molecule has 0 heterocycles. The molecule has 0 radical (unpaired) electrons. The highest BCUT2D eigenvalue weighted by Gasteiger charge is 2.25. The highest BCUT2D eigenvalue weighted by Crippen LogP contribution is 2.43. The van der Waals surface area contributed by atoms with Crippen LogP contribution in [0.2, 0.25) is 0 Å². The van der Waals surface area contributed by atoms with Crippen molar-refractivity contribution in [3.63, 3.8) is 0 Å². The van der Waals surface area contributed by atoms with Gasteiger partial charge in [-0.15, -0.1) is 0 Å². The molecule has 0 fully saturated rings. The Hall–Kier alpha value is -2.55. The molecule has 0 bridgehead atoms. The van der Waals surface area contributed by atoms with E-state index in [1.165, 1.54) is 0 Å². The standard InChI is InChI=1S/C27H42NO8P/c1-3-5-7-9-11-13-15-17-19-26(29)33-23-25(24-35-37(31,32)34-22-21-28)36-27(30)20-18-16-14-12-10-8-6-4-2/h3-6,9-12,15-18,25H,7-8,13-14,19-24,28H2,1-2H3,(H,31,32)/t25-/m1/s1. The van der Waals surface area contributed by atoms with E-state index in [0.29, 0.717) is 12.8 Å². The minimum Gasteiger partial charge on any atom is -0.461 e. The van der Waals surface area contributed by atoms with Gasteiger partial charge in [-0.25, -0.2) is 4.57 Å². The summed E-state index contributed by atoms with van der Waals surface area (Å²) >= 11 is 0. The van der Waals surface area contributed by atoms with E-state index in [1.807, 2.05) is 74.6 Å². The number of hydrogen-bond acceptors (Lipinski definition) is 8. The van der Waals surface area contributed by atoms with Gasteiger partial charge in [0.05, 0.1) is 26.1 Å². The van der Waals surface area contributed by atoms with E-state index in [4.69, 9.17) is 19.7 Å². The maximum absolute atomic E-state index is 12.2. The number of esters is 2. The molecular weight excluding hydrogens is 497 g/mol. The second-order valence-electron chi connectivity index (χ2n) is 7.56. The van der Waals surface area contributed by atoms with Crippen molar-refractivity contribution in [3.8, 4) is 0 Å². The summed E-state index contributed by atoms with van der Waals surface area (Å²) < 4.78 is 31.9. The Morgan fingerprint density at radius 1 is 0.757 bits per heavy atom. The van der Waals surface area contributed by atoms with Crippen molar-refractivity contribution < 1.29 is 37.6 Å². The summed E-state index contributed by atoms with van der Waals surface area (Å²) in [6, 6.07) is 0. The van der Waals surface area contributed by atoms with Crippen LogP contribution in [0.3, 0.4) is 0 Å². The zero-order valence-electron chi connectivity index (χ0n) is 21.9. The molecule has 0 saturated carbocycles. The molecule has 0 spiro atoms. The quantitative estimate of drug-likeness (QED) is 0.114. The third-order valence-corrected chi connectivity index (χ3v) is 5.30. The molecule has 2 atom stereocenters. The van der Waals surface area contributed by atoms with E-state index in [-0.39, 0.29) is 32.6 Å². The van der Waals surface area contributed by atoms with E-state index in [0.717, 1.165) is 12.8 Å². The van der Waals surface area contributed by atoms with Gasteiger partial charge in [0.15, 0.2) is 6.10 Å². The number of nitrogens with two attached hydrogens (primary N) is 1. The Balaban J connectivity index is 4.71. The highest BCUT2D eigenvalue weighted by atomic mass is 31.2. The van der Waals surface area contributed by atoms with Gasteiger partial charge in [0, 0.05) is 6.54 Å². The smallest absolute Gasteiger partial charge is 0.461 e. The van der Waals surface area contributed by atoms with Crippen LogP contribution in [-0.4, -0.2) is 49.3 Å². The maximum Gasteiger partial charge on any atom is 0.472 e. The number of rotatable bonds is 21. The fraction of sp³-hybridized carbons (Fsp3) is 0.481. The lowest BCUT2D eigenvalue weighted by molar-refractivity contribution is -0.160. The molecular formula is C27H42NO8P. The van der Waals surface area contributed by atoms with Crippen molar-refractivity contribution in [2.24, 2.45) is 5.73 Å². The van der Waals surface area contributed by atoms with E-state index < -0.39 is 32.5 Å². The molecule has 0 aromatic heterocycles. The lowest BCUT2D eigenvalue weighted by atomic mass is 10.2. The minimum absolute atomic E-state index is 0.0160. The third-order valence-electron chi connectivity index (χ3n) is 4.32. The molecule has 0 aromatic carbocycles. The van der Waals surface area contributed by atoms with E-state index in [1.54, 1.807) is 12.2 Å². The molecule has 0 aromatic rings. The van der Waals surface area contributed by atoms with Crippen LogP contribution in [0.15, 0.2) is 72.9 Å². The first-order valence-electron chi connectivity index (χ1n) is 12.3. The largest absolute Gasteiger partial charge is 0.472 e. The fourth-order valence-electron chi connectivity index (χ4n) is 2.50. The van der Waals surface area contributed by atoms with Crippen LogP contribution in [-0.2, 0) is 32.7 Å². The number of carbonyl (C=O) groups excluding carboxylic acids is 2. The first-order chi connectivity index (χ1) is 17.8. The van der Waals surface area contributed by atoms with Crippen LogP contribution < -0.4 is 5.73 Å². The zero-order chi connectivity index (χ0) is 27.6. The molecule has 1 unspecified atom stereocenters. The van der Waals surface area contributed by atoms with Crippen molar-refractivity contribution in [1.29, 1.82) is 0 Å². The van der Waals surface area contributed by atoms with Gasteiger partial charge in [0.1, 0.15) is 6.61 Å². The van der Waals surface area contributed by atoms with Crippen LogP contribution >= 0.6 is 7.82 Å². The summed E-state index contributed by atoms with van der Waals surface area (Å²) in [6.07, 6.45) is 25.0. The second-order valence-corrected chi connectivity index (χ2v) is 9.01. The predicted octanol–water partition coefficient (Wildman–Crippen LogP) is 5.25. The van der Waals surface area contributed by atoms with Gasteiger partial charge < -0.3 is 20.1 Å². The third kappa shape index (κ3) is 23.6. The first kappa shape index (κ1) is 34.5. The van der Waals surface area contributed by atoms with E-state index in [9.17, 15) is 19.0 Å². The molecule has 0 aliphatic rings. The number of phosphoric acid groups is 1. The van der Waals surface area contributed by atoms with Crippen molar-refractivity contribution in [2.75, 3.05) is 26.4 Å². The van der Waals surface area contributed by atoms with Crippen molar-refractivity contribution in [2.45, 2.75) is 58.5 Å². The summed E-state index contributed by atoms with van der Waals surface area (Å²) in [7, 11) is -4.39. The molecule has 0 amide bonds. The monoisotopic (exact) mass is 539 g/mol. The van der Waals surface area contributed by atoms with Crippen LogP contribution in [0.1, 0.15) is 52.4 Å². The molecule has 0 aliphatic heterocycles. The number of allylic oxidation sites excluding steroid dienone is 10. The molecule has 37 heavy (non-hydrogen) atoms. The van der Waals surface area contributed by atoms with Crippen LogP contribution in [0, 0.1) is 0 Å². The number of ether oxygens (including phenoxy) is 2. The SMILES string of the molecule is CC=CCC=CCC=CCC(=O)OC[C@H](COP(=O)(O)OCCN)OC(=O)CC=CCC=CCC=CC. The van der Waals surface area contributed by atoms with Crippen molar-refractivity contribution in [1.82, 2.24) is 0 Å². The van der Waals surface area contributed by atoms with Gasteiger partial charge in [0.25, 0.3) is 0 Å². The van der Waals surface area contributed by atoms with Crippen LogP contribution in [0.25, 0.3) is 0 Å². The predicted molar refractivity (Wildman–Crippen MR) is 146 cm³/mol. The van der Waals surface area contributed by atoms with Gasteiger partial charge in [-0.1, -0.05) is 72.9 Å². The average molecular weight is 540 g/mol. The van der Waals surface area contributed by atoms with E-state index >= 15 is 0 Å². The first-order valence-corrected chi connectivity index (χ1v) is 13.8. The Bertz CT molecular complexity index is 845. The summed E-state index contributed by atoms with van der Waals surface area (Å²) in [5.74, 6) is -1.13. The summed E-state index contributed by atoms with van der Waals surface area (Å²) in [5.41, 5.74) is 5.26. The molecule has 0 saturated heterocycles. The minimum atomic E-state index is -4.39. The van der Waals surface area contributed by atoms with Gasteiger partial charge in [-0.2, -0.15) is 0 Å². The zero-order valence-corrected chi connectivity index (χ0v) is 22.8. The molecule has 3 N–H and O–H groups in total. The van der Waals surface area contributed by atoms with Gasteiger partial charge in [-0.3, -0.25) is 18.6 Å². The maximum atomic E-state index is 12.2. The number of carbonyl (C=O) groups is 2. The van der Waals surface area contributed by atoms with Crippen LogP contribution in [0.4, 0.5) is 0 Å². The highest BCUT2D eigenvalue weighted by molar-refractivity contribution is 7.47. The Kier molecular flexibility index (Phi) is 22.2. The van der Waals surface area contributed by atoms with Gasteiger partial charge in [0.2, 0.25) is 0 Å². The summed E-state index contributed by atoms with van der Waals surface area (Å²) in [4.78, 5) is 33.9. The fourth-order valence-corrected chi connectivity index (χ4v) is 3.27. The Morgan fingerprint density at radius 3 is 1.76 bits per heavy atom. The van der Waals surface area contributed by atoms with Gasteiger partial charge in [-0.05, 0) is 39.5 Å². The van der Waals surface area contributed by atoms with Crippen LogP contribution in [0.5, 0.6) is 0 Å². The lowest BCUT2D eigenvalue weighted by Gasteiger charge is -2.19. The summed E-state index contributed by atoms with van der Waals surface area (Å²) in [5, 5.41) is 0. The summed E-state index contributed by atoms with van der Waals surface area (Å²) in [6.45, 7) is 2.92. The topological polar surface area (TPSA) is 134 Å². The Morgan fingerprint density at radius 2 is 1.24 bits per heavy atom. The lowest BCUT2D eigenvalue weighted by Crippen LogP contribution is -2.29. The number of phosphoric ester groups is 1. The number of hydrogen-bond donors (Lipinski definition) is 2. The molecule has 0 aliphatic carbocycles. The van der Waals surface area contributed by atoms with Crippen molar-refractivity contribution >= 4 is 19.8 Å². The van der Waals surface area contributed by atoms with Crippen molar-refractivity contribution in [3.05, 3.63) is 72.9 Å². The molecule has 10 heteroatoms. The molecule has 0 rings (SSSR count). The molecule has 208 valence electrons. The van der Waals surface area contributed by atoms with E-state index in [2.05, 4.69) is 4.52 Å². The van der Waals surface area contributed by atoms with Gasteiger partial charge >= 0.3 is 19.8 Å². The normalized spacial score (nSPS) is 15.0. The second kappa shape index (κ2) is 23.8. The average Bonchev–Trinajstić information content (AvgIpc) is 2.87. The molecule has 9 nitrogen and oxygen atoms in total. The Labute approximate surface area is 221 Å².